The van der Waals surface area contributed by atoms with Crippen LogP contribution in [0.2, 0.25) is 0 Å². The maximum Gasteiger partial charge on any atom is 0.169 e. The van der Waals surface area contributed by atoms with Gasteiger partial charge in [-0.3, -0.25) is 4.90 Å². The minimum atomic E-state index is -0.208. The van der Waals surface area contributed by atoms with Crippen LogP contribution in [0.5, 0.6) is 5.75 Å². The van der Waals surface area contributed by atoms with Gasteiger partial charge in [0.2, 0.25) is 0 Å². The van der Waals surface area contributed by atoms with Crippen molar-refractivity contribution in [2.45, 2.75) is 18.9 Å². The highest BCUT2D eigenvalue weighted by Crippen LogP contribution is 2.38. The number of methoxy groups -OCH3 is 1. The summed E-state index contributed by atoms with van der Waals surface area (Å²) in [6, 6.07) is 5.62. The summed E-state index contributed by atoms with van der Waals surface area (Å²) >= 11 is 0. The second kappa shape index (κ2) is 7.40. The molecule has 0 aliphatic carbocycles. The number of hydrogen-bond acceptors (Lipinski definition) is 4. The average Bonchev–Trinajstić information content (AvgIpc) is 2.59. The third-order valence-electron chi connectivity index (χ3n) is 4.79. The Labute approximate surface area is 131 Å². The number of piperazine rings is 1. The summed E-state index contributed by atoms with van der Waals surface area (Å²) in [5.74, 6) is 0.568. The van der Waals surface area contributed by atoms with Gasteiger partial charge in [-0.1, -0.05) is 12.1 Å². The molecule has 1 atom stereocenters. The fraction of sp³-hybridized carbons (Fsp3) is 0.647. The molecule has 3 rings (SSSR count). The number of halogens is 1. The van der Waals surface area contributed by atoms with Crippen molar-refractivity contribution < 1.29 is 13.9 Å². The van der Waals surface area contributed by atoms with Crippen molar-refractivity contribution in [3.63, 3.8) is 0 Å². The zero-order valence-corrected chi connectivity index (χ0v) is 13.2. The average molecular weight is 308 g/mol. The topological polar surface area (TPSA) is 33.7 Å². The summed E-state index contributed by atoms with van der Waals surface area (Å²) in [5.41, 5.74) is 0.771. The van der Waals surface area contributed by atoms with Gasteiger partial charge in [0.15, 0.2) is 11.6 Å². The summed E-state index contributed by atoms with van der Waals surface area (Å²) in [6.07, 6.45) is 1.98. The van der Waals surface area contributed by atoms with Crippen LogP contribution < -0.4 is 10.1 Å². The third-order valence-corrected chi connectivity index (χ3v) is 4.79. The third kappa shape index (κ3) is 3.26. The van der Waals surface area contributed by atoms with Crippen molar-refractivity contribution in [3.8, 4) is 5.75 Å². The Balaban J connectivity index is 1.93. The van der Waals surface area contributed by atoms with Gasteiger partial charge in [0.25, 0.3) is 0 Å². The van der Waals surface area contributed by atoms with Crippen molar-refractivity contribution in [2.24, 2.45) is 5.92 Å². The highest BCUT2D eigenvalue weighted by atomic mass is 19.1. The van der Waals surface area contributed by atoms with Crippen LogP contribution in [0.3, 0.4) is 0 Å². The van der Waals surface area contributed by atoms with Gasteiger partial charge in [-0.2, -0.15) is 0 Å². The summed E-state index contributed by atoms with van der Waals surface area (Å²) in [4.78, 5) is 2.42. The van der Waals surface area contributed by atoms with E-state index in [1.165, 1.54) is 7.11 Å². The van der Waals surface area contributed by atoms with E-state index in [1.807, 2.05) is 12.1 Å². The molecule has 0 spiro atoms. The van der Waals surface area contributed by atoms with Gasteiger partial charge in [-0.15, -0.1) is 0 Å². The maximum absolute atomic E-state index is 14.8. The molecule has 2 aliphatic rings. The quantitative estimate of drug-likeness (QED) is 0.925. The molecule has 0 unspecified atom stereocenters. The summed E-state index contributed by atoms with van der Waals surface area (Å²) < 4.78 is 25.5. The fourth-order valence-corrected chi connectivity index (χ4v) is 3.65. The molecule has 0 aromatic heterocycles. The SMILES string of the molecule is COc1cccc([C@@H](C2CCOCC2)N2CCNCC2)c1F. The van der Waals surface area contributed by atoms with Crippen LogP contribution in [0.1, 0.15) is 24.4 Å². The van der Waals surface area contributed by atoms with Gasteiger partial charge in [-0.25, -0.2) is 4.39 Å². The van der Waals surface area contributed by atoms with Crippen molar-refractivity contribution in [1.29, 1.82) is 0 Å². The Morgan fingerprint density at radius 3 is 2.68 bits per heavy atom. The van der Waals surface area contributed by atoms with E-state index in [4.69, 9.17) is 9.47 Å². The molecule has 2 saturated heterocycles. The Morgan fingerprint density at radius 1 is 1.27 bits per heavy atom. The van der Waals surface area contributed by atoms with Crippen LogP contribution in [-0.4, -0.2) is 51.4 Å². The Bertz CT molecular complexity index is 468. The largest absolute Gasteiger partial charge is 0.494 e. The molecule has 1 aromatic rings. The summed E-state index contributed by atoms with van der Waals surface area (Å²) in [5, 5.41) is 3.38. The zero-order valence-electron chi connectivity index (χ0n) is 13.2. The number of nitrogens with one attached hydrogen (secondary N) is 1. The molecule has 22 heavy (non-hydrogen) atoms. The number of benzene rings is 1. The van der Waals surface area contributed by atoms with E-state index >= 15 is 0 Å². The van der Waals surface area contributed by atoms with Crippen molar-refractivity contribution >= 4 is 0 Å². The summed E-state index contributed by atoms with van der Waals surface area (Å²) in [6.45, 7) is 5.39. The monoisotopic (exact) mass is 308 g/mol. The molecule has 0 radical (unpaired) electrons. The predicted molar refractivity (Wildman–Crippen MR) is 83.7 cm³/mol. The van der Waals surface area contributed by atoms with Crippen LogP contribution >= 0.6 is 0 Å². The maximum atomic E-state index is 14.8. The van der Waals surface area contributed by atoms with E-state index in [0.29, 0.717) is 11.7 Å². The van der Waals surface area contributed by atoms with Gasteiger partial charge in [0, 0.05) is 51.0 Å². The lowest BCUT2D eigenvalue weighted by molar-refractivity contribution is 0.0202. The molecule has 0 saturated carbocycles. The van der Waals surface area contributed by atoms with Crippen LogP contribution in [0.25, 0.3) is 0 Å². The highest BCUT2D eigenvalue weighted by Gasteiger charge is 2.33. The molecule has 2 fully saturated rings. The molecule has 0 amide bonds. The molecule has 0 bridgehead atoms. The second-order valence-electron chi connectivity index (χ2n) is 6.04. The van der Waals surface area contributed by atoms with E-state index in [2.05, 4.69) is 10.2 Å². The Morgan fingerprint density at radius 2 is 2.00 bits per heavy atom. The van der Waals surface area contributed by atoms with Crippen molar-refractivity contribution in [3.05, 3.63) is 29.6 Å². The van der Waals surface area contributed by atoms with Crippen molar-refractivity contribution in [1.82, 2.24) is 10.2 Å². The number of ether oxygens (including phenoxy) is 2. The molecule has 1 aromatic carbocycles. The van der Waals surface area contributed by atoms with Crippen LogP contribution in [0.4, 0.5) is 4.39 Å². The first kappa shape index (κ1) is 15.7. The van der Waals surface area contributed by atoms with E-state index in [9.17, 15) is 4.39 Å². The lowest BCUT2D eigenvalue weighted by Gasteiger charge is -2.41. The fourth-order valence-electron chi connectivity index (χ4n) is 3.65. The van der Waals surface area contributed by atoms with E-state index < -0.39 is 0 Å². The second-order valence-corrected chi connectivity index (χ2v) is 6.04. The molecule has 2 heterocycles. The smallest absolute Gasteiger partial charge is 0.169 e. The Hall–Kier alpha value is -1.17. The van der Waals surface area contributed by atoms with E-state index in [0.717, 1.165) is 57.8 Å². The molecular weight excluding hydrogens is 283 g/mol. The number of rotatable bonds is 4. The van der Waals surface area contributed by atoms with Crippen LogP contribution in [0.15, 0.2) is 18.2 Å². The number of nitrogens with zero attached hydrogens (tertiary/aromatic N) is 1. The van der Waals surface area contributed by atoms with Gasteiger partial charge < -0.3 is 14.8 Å². The van der Waals surface area contributed by atoms with Gasteiger partial charge in [0.05, 0.1) is 7.11 Å². The highest BCUT2D eigenvalue weighted by molar-refractivity contribution is 5.33. The lowest BCUT2D eigenvalue weighted by Crippen LogP contribution is -2.47. The minimum Gasteiger partial charge on any atom is -0.494 e. The lowest BCUT2D eigenvalue weighted by atomic mass is 9.85. The first-order chi connectivity index (χ1) is 10.8. The van der Waals surface area contributed by atoms with Gasteiger partial charge in [-0.05, 0) is 24.8 Å². The summed E-state index contributed by atoms with van der Waals surface area (Å²) in [7, 11) is 1.52. The zero-order chi connectivity index (χ0) is 15.4. The first-order valence-corrected chi connectivity index (χ1v) is 8.16. The van der Waals surface area contributed by atoms with Gasteiger partial charge in [0.1, 0.15) is 0 Å². The number of hydrogen-bond donors (Lipinski definition) is 1. The van der Waals surface area contributed by atoms with E-state index in [-0.39, 0.29) is 11.9 Å². The first-order valence-electron chi connectivity index (χ1n) is 8.16. The van der Waals surface area contributed by atoms with Crippen LogP contribution in [0, 0.1) is 11.7 Å². The minimum absolute atomic E-state index is 0.112. The molecular formula is C17H25FN2O2. The Kier molecular flexibility index (Phi) is 5.28. The van der Waals surface area contributed by atoms with Crippen molar-refractivity contribution in [2.75, 3.05) is 46.5 Å². The predicted octanol–water partition coefficient (Wildman–Crippen LogP) is 2.21. The molecule has 122 valence electrons. The molecule has 2 aliphatic heterocycles. The molecule has 1 N–H and O–H groups in total. The van der Waals surface area contributed by atoms with Crippen LogP contribution in [-0.2, 0) is 4.74 Å². The molecule has 4 nitrogen and oxygen atoms in total. The van der Waals surface area contributed by atoms with Gasteiger partial charge >= 0.3 is 0 Å². The van der Waals surface area contributed by atoms with E-state index in [1.54, 1.807) is 6.07 Å². The normalized spacial score (nSPS) is 22.5. The standard InChI is InChI=1S/C17H25FN2O2/c1-21-15-4-2-3-14(16(15)18)17(13-5-11-22-12-6-13)20-9-7-19-8-10-20/h2-4,13,17,19H,5-12H2,1H3/t17-/m1/s1. The molecule has 5 heteroatoms.